The van der Waals surface area contributed by atoms with Crippen LogP contribution in [0.15, 0.2) is 49.4 Å². The van der Waals surface area contributed by atoms with Gasteiger partial charge in [0.1, 0.15) is 17.2 Å². The lowest BCUT2D eigenvalue weighted by atomic mass is 9.98. The smallest absolute Gasteiger partial charge is 0.247 e. The van der Waals surface area contributed by atoms with Crippen LogP contribution in [-0.4, -0.2) is 32.3 Å². The largest absolute Gasteiger partial charge is 0.492 e. The molecule has 0 fully saturated rings. The fourth-order valence-corrected chi connectivity index (χ4v) is 3.60. The molecule has 0 radical (unpaired) electrons. The van der Waals surface area contributed by atoms with Gasteiger partial charge < -0.3 is 15.0 Å². The zero-order chi connectivity index (χ0) is 23.7. The molecule has 8 heteroatoms. The number of hydrogen-bond acceptors (Lipinski definition) is 4. The van der Waals surface area contributed by atoms with Crippen molar-refractivity contribution >= 4 is 22.6 Å². The van der Waals surface area contributed by atoms with E-state index < -0.39 is 11.7 Å². The van der Waals surface area contributed by atoms with Gasteiger partial charge in [0.15, 0.2) is 0 Å². The molecule has 3 heterocycles. The Labute approximate surface area is 191 Å². The van der Waals surface area contributed by atoms with Crippen molar-refractivity contribution in [1.82, 2.24) is 19.7 Å². The number of anilines is 1. The molecule has 0 bridgehead atoms. The van der Waals surface area contributed by atoms with Crippen LogP contribution >= 0.6 is 0 Å². The summed E-state index contributed by atoms with van der Waals surface area (Å²) >= 11 is 0. The molecule has 0 spiro atoms. The summed E-state index contributed by atoms with van der Waals surface area (Å²) in [4.78, 5) is 19.8. The maximum absolute atomic E-state index is 15.0. The van der Waals surface area contributed by atoms with Gasteiger partial charge in [-0.3, -0.25) is 9.48 Å². The molecule has 3 aromatic heterocycles. The average Bonchev–Trinajstić information content (AvgIpc) is 3.38. The average molecular weight is 448 g/mol. The third-order valence-electron chi connectivity index (χ3n) is 5.28. The molecule has 0 saturated heterocycles. The van der Waals surface area contributed by atoms with Crippen molar-refractivity contribution in [3.63, 3.8) is 0 Å². The fourth-order valence-electron chi connectivity index (χ4n) is 3.60. The second-order valence-corrected chi connectivity index (χ2v) is 8.37. The molecule has 0 unspecified atom stereocenters. The molecule has 7 nitrogen and oxygen atoms in total. The van der Waals surface area contributed by atoms with Gasteiger partial charge in [0.05, 0.1) is 24.7 Å². The molecule has 0 aliphatic rings. The highest BCUT2D eigenvalue weighted by molar-refractivity contribution is 6.04. The first-order chi connectivity index (χ1) is 15.8. The number of benzene rings is 1. The topological polar surface area (TPSA) is 84.8 Å². The number of pyridine rings is 1. The van der Waals surface area contributed by atoms with Gasteiger partial charge in [-0.15, -0.1) is 0 Å². The third-order valence-corrected chi connectivity index (χ3v) is 5.28. The van der Waals surface area contributed by atoms with Crippen molar-refractivity contribution < 1.29 is 13.9 Å². The number of aryl methyl sites for hydroxylation is 1. The summed E-state index contributed by atoms with van der Waals surface area (Å²) < 4.78 is 22.5. The summed E-state index contributed by atoms with van der Waals surface area (Å²) in [6.45, 7) is 9.79. The molecule has 2 N–H and O–H groups in total. The van der Waals surface area contributed by atoms with Crippen LogP contribution in [0.2, 0.25) is 0 Å². The van der Waals surface area contributed by atoms with E-state index in [1.165, 1.54) is 6.07 Å². The number of aromatic nitrogens is 4. The van der Waals surface area contributed by atoms with Gasteiger partial charge in [-0.25, -0.2) is 9.37 Å². The number of carbonyl (C=O) groups excluding carboxylic acids is 1. The number of carbonyl (C=O) groups is 1. The Kier molecular flexibility index (Phi) is 6.00. The first-order valence-electron chi connectivity index (χ1n) is 10.6. The molecule has 0 saturated carbocycles. The van der Waals surface area contributed by atoms with Crippen LogP contribution in [-0.2, 0) is 11.8 Å². The summed E-state index contributed by atoms with van der Waals surface area (Å²) in [5, 5.41) is 7.75. The number of fused-ring (bicyclic) bond motifs is 1. The minimum Gasteiger partial charge on any atom is -0.492 e. The van der Waals surface area contributed by atoms with E-state index in [-0.39, 0.29) is 0 Å². The fraction of sp³-hybridized carbons (Fsp3) is 0.240. The van der Waals surface area contributed by atoms with Crippen molar-refractivity contribution in [3.8, 4) is 28.1 Å². The van der Waals surface area contributed by atoms with Crippen molar-refractivity contribution in [3.05, 3.63) is 60.8 Å². The quantitative estimate of drug-likeness (QED) is 0.380. The first kappa shape index (κ1) is 22.3. The number of H-pyrrole nitrogens is 1. The van der Waals surface area contributed by atoms with E-state index in [2.05, 4.69) is 40.8 Å². The van der Waals surface area contributed by atoms with Gasteiger partial charge in [-0.1, -0.05) is 20.4 Å². The van der Waals surface area contributed by atoms with E-state index in [0.717, 1.165) is 28.3 Å². The second kappa shape index (κ2) is 8.90. The monoisotopic (exact) mass is 447 g/mol. The van der Waals surface area contributed by atoms with Gasteiger partial charge in [0.2, 0.25) is 5.91 Å². The molecule has 4 rings (SSSR count). The predicted octanol–water partition coefficient (Wildman–Crippen LogP) is 5.24. The Bertz CT molecular complexity index is 1350. The second-order valence-electron chi connectivity index (χ2n) is 8.37. The molecule has 33 heavy (non-hydrogen) atoms. The zero-order valence-electron chi connectivity index (χ0n) is 19.1. The Morgan fingerprint density at radius 1 is 1.30 bits per heavy atom. The number of rotatable bonds is 7. The van der Waals surface area contributed by atoms with E-state index in [4.69, 9.17) is 4.74 Å². The van der Waals surface area contributed by atoms with Gasteiger partial charge >= 0.3 is 0 Å². The van der Waals surface area contributed by atoms with E-state index in [1.807, 2.05) is 19.3 Å². The zero-order valence-corrected chi connectivity index (χ0v) is 19.1. The number of nitrogens with zero attached hydrogens (tertiary/aromatic N) is 3. The summed E-state index contributed by atoms with van der Waals surface area (Å²) in [6.07, 6.45) is 6.42. The SMILES string of the molecule is C=CC(=O)Nc1cc(-c2c(-c3cnn(C)c3)[nH]c3ncc(OCC(C)C)cc23)cc(F)c1C. The van der Waals surface area contributed by atoms with Crippen LogP contribution in [0, 0.1) is 18.7 Å². The minimum absolute atomic E-state index is 0.343. The van der Waals surface area contributed by atoms with Crippen molar-refractivity contribution in [2.24, 2.45) is 13.0 Å². The molecular weight excluding hydrogens is 421 g/mol. The number of ether oxygens (including phenoxy) is 1. The first-order valence-corrected chi connectivity index (χ1v) is 10.6. The Balaban J connectivity index is 1.94. The maximum atomic E-state index is 15.0. The van der Waals surface area contributed by atoms with Gasteiger partial charge in [0.25, 0.3) is 0 Å². The van der Waals surface area contributed by atoms with Crippen molar-refractivity contribution in [2.75, 3.05) is 11.9 Å². The highest BCUT2D eigenvalue weighted by Crippen LogP contribution is 2.40. The van der Waals surface area contributed by atoms with Crippen molar-refractivity contribution in [2.45, 2.75) is 20.8 Å². The Morgan fingerprint density at radius 2 is 2.09 bits per heavy atom. The molecule has 1 amide bonds. The highest BCUT2D eigenvalue weighted by Gasteiger charge is 2.20. The van der Waals surface area contributed by atoms with Gasteiger partial charge in [-0.2, -0.15) is 5.10 Å². The molecule has 170 valence electrons. The Morgan fingerprint density at radius 3 is 2.76 bits per heavy atom. The van der Waals surface area contributed by atoms with Crippen molar-refractivity contribution in [1.29, 1.82) is 0 Å². The summed E-state index contributed by atoms with van der Waals surface area (Å²) in [5.74, 6) is 0.146. The molecule has 0 aliphatic carbocycles. The lowest BCUT2D eigenvalue weighted by Gasteiger charge is -2.12. The van der Waals surface area contributed by atoms with E-state index in [9.17, 15) is 9.18 Å². The van der Waals surface area contributed by atoms with Gasteiger partial charge in [-0.05, 0) is 42.7 Å². The van der Waals surface area contributed by atoms with Crippen LogP contribution in [0.4, 0.5) is 10.1 Å². The third kappa shape index (κ3) is 4.50. The molecule has 0 atom stereocenters. The van der Waals surface area contributed by atoms with Crippen LogP contribution < -0.4 is 10.1 Å². The predicted molar refractivity (Wildman–Crippen MR) is 128 cm³/mol. The molecule has 4 aromatic rings. The normalized spacial score (nSPS) is 11.2. The highest BCUT2D eigenvalue weighted by atomic mass is 19.1. The van der Waals surface area contributed by atoms with E-state index >= 15 is 0 Å². The minimum atomic E-state index is -0.432. The van der Waals surface area contributed by atoms with Crippen LogP contribution in [0.5, 0.6) is 5.75 Å². The maximum Gasteiger partial charge on any atom is 0.247 e. The number of aromatic amines is 1. The van der Waals surface area contributed by atoms with Crippen LogP contribution in [0.3, 0.4) is 0 Å². The number of amides is 1. The number of nitrogens with one attached hydrogen (secondary N) is 2. The van der Waals surface area contributed by atoms with E-state index in [0.29, 0.717) is 40.7 Å². The molecule has 1 aromatic carbocycles. The summed E-state index contributed by atoms with van der Waals surface area (Å²) in [6, 6.07) is 5.11. The van der Waals surface area contributed by atoms with Crippen LogP contribution in [0.25, 0.3) is 33.4 Å². The Hall–Kier alpha value is -3.94. The number of halogens is 1. The lowest BCUT2D eigenvalue weighted by molar-refractivity contribution is -0.111. The van der Waals surface area contributed by atoms with Gasteiger partial charge in [0, 0.05) is 41.0 Å². The molecule has 0 aliphatic heterocycles. The standard InChI is InChI=1S/C25H26FN5O2/c1-6-22(32)29-21-8-16(7-20(26)15(21)4)23-19-9-18(33-13-14(2)3)11-27-25(19)30-24(23)17-10-28-31(5)12-17/h6-12,14H,1,13H2,2-5H3,(H,27,30)(H,29,32). The lowest BCUT2D eigenvalue weighted by Crippen LogP contribution is -2.09. The summed E-state index contributed by atoms with van der Waals surface area (Å²) in [5.41, 5.74) is 4.26. The number of hydrogen-bond donors (Lipinski definition) is 2. The van der Waals surface area contributed by atoms with Crippen LogP contribution in [0.1, 0.15) is 19.4 Å². The summed E-state index contributed by atoms with van der Waals surface area (Å²) in [7, 11) is 1.83. The molecular formula is C25H26FN5O2. The van der Waals surface area contributed by atoms with E-state index in [1.54, 1.807) is 30.1 Å².